The zero-order chi connectivity index (χ0) is 11.1. The molecule has 0 bridgehead atoms. The molecule has 3 heteroatoms. The summed E-state index contributed by atoms with van der Waals surface area (Å²) in [6, 6.07) is -0.0860. The highest BCUT2D eigenvalue weighted by molar-refractivity contribution is 5.73. The van der Waals surface area contributed by atoms with Crippen LogP contribution in [0, 0.1) is 10.8 Å². The van der Waals surface area contributed by atoms with Gasteiger partial charge in [-0.3, -0.25) is 4.79 Å². The number of hydrogen-bond acceptors (Lipinski definition) is 2. The molecular formula is C11H21NO2. The highest BCUT2D eigenvalue weighted by Gasteiger charge is 2.65. The monoisotopic (exact) mass is 199 g/mol. The van der Waals surface area contributed by atoms with Gasteiger partial charge in [0, 0.05) is 6.04 Å². The van der Waals surface area contributed by atoms with E-state index in [0.717, 1.165) is 0 Å². The second-order valence-corrected chi connectivity index (χ2v) is 5.34. The molecule has 1 fully saturated rings. The van der Waals surface area contributed by atoms with E-state index in [2.05, 4.69) is 33.0 Å². The van der Waals surface area contributed by atoms with Crippen molar-refractivity contribution in [2.45, 2.75) is 53.1 Å². The molecule has 1 aliphatic carbocycles. The van der Waals surface area contributed by atoms with Crippen molar-refractivity contribution >= 4 is 5.97 Å². The van der Waals surface area contributed by atoms with Crippen LogP contribution in [0.15, 0.2) is 0 Å². The Kier molecular flexibility index (Phi) is 2.65. The summed E-state index contributed by atoms with van der Waals surface area (Å²) >= 11 is 0. The molecule has 2 N–H and O–H groups in total. The van der Waals surface area contributed by atoms with Gasteiger partial charge in [0.1, 0.15) is 6.04 Å². The Bertz CT molecular complexity index is 232. The van der Waals surface area contributed by atoms with Gasteiger partial charge in [-0.25, -0.2) is 0 Å². The standard InChI is InChI=1S/C11H21NO2/c1-6-7(8(13)14)12-9-10(2,3)11(9,4)5/h7,9,12H,6H2,1-5H3,(H,13,14). The molecule has 0 aromatic carbocycles. The molecule has 0 amide bonds. The van der Waals surface area contributed by atoms with Crippen LogP contribution in [0.25, 0.3) is 0 Å². The van der Waals surface area contributed by atoms with Gasteiger partial charge in [-0.1, -0.05) is 34.6 Å². The van der Waals surface area contributed by atoms with E-state index in [-0.39, 0.29) is 10.8 Å². The average Bonchev–Trinajstić information content (AvgIpc) is 2.40. The highest BCUT2D eigenvalue weighted by Crippen LogP contribution is 2.62. The fraction of sp³-hybridized carbons (Fsp3) is 0.909. The Morgan fingerprint density at radius 2 is 1.79 bits per heavy atom. The molecule has 0 spiro atoms. The topological polar surface area (TPSA) is 49.3 Å². The fourth-order valence-electron chi connectivity index (χ4n) is 2.18. The average molecular weight is 199 g/mol. The van der Waals surface area contributed by atoms with Crippen LogP contribution in [-0.2, 0) is 4.79 Å². The van der Waals surface area contributed by atoms with Crippen molar-refractivity contribution in [3.05, 3.63) is 0 Å². The highest BCUT2D eigenvalue weighted by atomic mass is 16.4. The van der Waals surface area contributed by atoms with Crippen LogP contribution < -0.4 is 5.32 Å². The molecule has 0 aromatic rings. The number of carbonyl (C=O) groups is 1. The van der Waals surface area contributed by atoms with Gasteiger partial charge in [-0.2, -0.15) is 0 Å². The molecule has 3 nitrogen and oxygen atoms in total. The lowest BCUT2D eigenvalue weighted by atomic mass is 10.0. The van der Waals surface area contributed by atoms with Crippen LogP contribution in [0.1, 0.15) is 41.0 Å². The van der Waals surface area contributed by atoms with Crippen molar-refractivity contribution in [3.8, 4) is 0 Å². The lowest BCUT2D eigenvalue weighted by Gasteiger charge is -2.13. The van der Waals surface area contributed by atoms with Crippen LogP contribution >= 0.6 is 0 Å². The van der Waals surface area contributed by atoms with Crippen LogP contribution in [0.4, 0.5) is 0 Å². The zero-order valence-electron chi connectivity index (χ0n) is 9.72. The number of rotatable bonds is 4. The predicted octanol–water partition coefficient (Wildman–Crippen LogP) is 1.87. The van der Waals surface area contributed by atoms with Gasteiger partial charge in [0.15, 0.2) is 0 Å². The molecule has 1 aliphatic rings. The van der Waals surface area contributed by atoms with Gasteiger partial charge < -0.3 is 10.4 Å². The van der Waals surface area contributed by atoms with E-state index in [1.807, 2.05) is 6.92 Å². The number of nitrogens with one attached hydrogen (secondary N) is 1. The molecule has 1 unspecified atom stereocenters. The van der Waals surface area contributed by atoms with Crippen molar-refractivity contribution < 1.29 is 9.90 Å². The SMILES string of the molecule is CCC(NC1C(C)(C)C1(C)C)C(=O)O. The van der Waals surface area contributed by atoms with Crippen LogP contribution in [-0.4, -0.2) is 23.2 Å². The third kappa shape index (κ3) is 1.54. The summed E-state index contributed by atoms with van der Waals surface area (Å²) in [5.41, 5.74) is 0.408. The predicted molar refractivity (Wildman–Crippen MR) is 56.2 cm³/mol. The quantitative estimate of drug-likeness (QED) is 0.726. The van der Waals surface area contributed by atoms with E-state index in [9.17, 15) is 4.79 Å². The maximum atomic E-state index is 10.9. The molecule has 0 heterocycles. The first-order valence-electron chi connectivity index (χ1n) is 5.24. The molecule has 1 saturated carbocycles. The van der Waals surface area contributed by atoms with Gasteiger partial charge in [-0.05, 0) is 17.3 Å². The number of hydrogen-bond donors (Lipinski definition) is 2. The van der Waals surface area contributed by atoms with Gasteiger partial charge >= 0.3 is 5.97 Å². The molecule has 0 saturated heterocycles. The largest absolute Gasteiger partial charge is 0.480 e. The van der Waals surface area contributed by atoms with Gasteiger partial charge in [-0.15, -0.1) is 0 Å². The van der Waals surface area contributed by atoms with E-state index >= 15 is 0 Å². The molecule has 0 radical (unpaired) electrons. The molecule has 0 aliphatic heterocycles. The van der Waals surface area contributed by atoms with Gasteiger partial charge in [0.2, 0.25) is 0 Å². The molecule has 1 rings (SSSR count). The van der Waals surface area contributed by atoms with E-state index in [0.29, 0.717) is 12.5 Å². The number of carboxylic acid groups (broad SMARTS) is 1. The van der Waals surface area contributed by atoms with Crippen LogP contribution in [0.2, 0.25) is 0 Å². The molecule has 0 aromatic heterocycles. The smallest absolute Gasteiger partial charge is 0.320 e. The first-order valence-corrected chi connectivity index (χ1v) is 5.24. The Morgan fingerprint density at radius 1 is 1.36 bits per heavy atom. The maximum absolute atomic E-state index is 10.9. The first-order chi connectivity index (χ1) is 6.25. The fourth-order valence-corrected chi connectivity index (χ4v) is 2.18. The molecule has 1 atom stereocenters. The normalized spacial score (nSPS) is 25.8. The second-order valence-electron chi connectivity index (χ2n) is 5.34. The van der Waals surface area contributed by atoms with E-state index in [4.69, 9.17) is 5.11 Å². The Hall–Kier alpha value is -0.570. The van der Waals surface area contributed by atoms with Crippen LogP contribution in [0.5, 0.6) is 0 Å². The van der Waals surface area contributed by atoms with Crippen molar-refractivity contribution in [3.63, 3.8) is 0 Å². The third-order valence-electron chi connectivity index (χ3n) is 4.09. The van der Waals surface area contributed by atoms with Crippen molar-refractivity contribution in [2.75, 3.05) is 0 Å². The van der Waals surface area contributed by atoms with Crippen molar-refractivity contribution in [2.24, 2.45) is 10.8 Å². The summed E-state index contributed by atoms with van der Waals surface area (Å²) in [7, 11) is 0. The Labute approximate surface area is 85.9 Å². The van der Waals surface area contributed by atoms with Gasteiger partial charge in [0.25, 0.3) is 0 Å². The van der Waals surface area contributed by atoms with E-state index in [1.54, 1.807) is 0 Å². The summed E-state index contributed by atoms with van der Waals surface area (Å²) in [6.07, 6.45) is 0.637. The minimum atomic E-state index is -0.744. The summed E-state index contributed by atoms with van der Waals surface area (Å²) in [5, 5.41) is 12.1. The van der Waals surface area contributed by atoms with Crippen molar-refractivity contribution in [1.82, 2.24) is 5.32 Å². The minimum absolute atomic E-state index is 0.204. The summed E-state index contributed by atoms with van der Waals surface area (Å²) in [5.74, 6) is -0.744. The lowest BCUT2D eigenvalue weighted by molar-refractivity contribution is -0.139. The Balaban J connectivity index is 2.60. The van der Waals surface area contributed by atoms with E-state index < -0.39 is 12.0 Å². The number of aliphatic carboxylic acids is 1. The lowest BCUT2D eigenvalue weighted by Crippen LogP contribution is -2.39. The van der Waals surface area contributed by atoms with Crippen molar-refractivity contribution in [1.29, 1.82) is 0 Å². The van der Waals surface area contributed by atoms with Gasteiger partial charge in [0.05, 0.1) is 0 Å². The Morgan fingerprint density at radius 3 is 2.00 bits per heavy atom. The van der Waals surface area contributed by atoms with E-state index in [1.165, 1.54) is 0 Å². The third-order valence-corrected chi connectivity index (χ3v) is 4.09. The molecular weight excluding hydrogens is 178 g/mol. The molecule has 14 heavy (non-hydrogen) atoms. The minimum Gasteiger partial charge on any atom is -0.480 e. The molecule has 82 valence electrons. The zero-order valence-corrected chi connectivity index (χ0v) is 9.72. The summed E-state index contributed by atoms with van der Waals surface area (Å²) in [4.78, 5) is 10.9. The summed E-state index contributed by atoms with van der Waals surface area (Å²) < 4.78 is 0. The maximum Gasteiger partial charge on any atom is 0.320 e. The summed E-state index contributed by atoms with van der Waals surface area (Å²) in [6.45, 7) is 10.6. The number of carboxylic acids is 1. The first kappa shape index (κ1) is 11.5. The van der Waals surface area contributed by atoms with Crippen LogP contribution in [0.3, 0.4) is 0 Å². The second kappa shape index (κ2) is 3.23.